The van der Waals surface area contributed by atoms with E-state index >= 15 is 0 Å². The van der Waals surface area contributed by atoms with Crippen LogP contribution in [0.15, 0.2) is 18.2 Å². The van der Waals surface area contributed by atoms with Gasteiger partial charge in [0.05, 0.1) is 22.7 Å². The van der Waals surface area contributed by atoms with Crippen molar-refractivity contribution in [1.82, 2.24) is 15.5 Å². The van der Waals surface area contributed by atoms with Crippen LogP contribution < -0.4 is 10.6 Å². The summed E-state index contributed by atoms with van der Waals surface area (Å²) in [6.45, 7) is 1.75. The predicted octanol–water partition coefficient (Wildman–Crippen LogP) is 2.00. The average Bonchev–Trinajstić information content (AvgIpc) is 2.69. The van der Waals surface area contributed by atoms with Crippen LogP contribution in [0.5, 0.6) is 0 Å². The summed E-state index contributed by atoms with van der Waals surface area (Å²) in [5.41, 5.74) is 0.829. The molecule has 0 bridgehead atoms. The van der Waals surface area contributed by atoms with E-state index in [9.17, 15) is 9.59 Å². The molecule has 23 heavy (non-hydrogen) atoms. The normalized spacial score (nSPS) is 24.9. The molecule has 1 aromatic carbocycles. The maximum atomic E-state index is 12.0. The summed E-state index contributed by atoms with van der Waals surface area (Å²) in [4.78, 5) is 24.9. The molecule has 3 amide bonds. The number of nitrogens with zero attached hydrogens (tertiary/aromatic N) is 1. The summed E-state index contributed by atoms with van der Waals surface area (Å²) in [5, 5.41) is 6.41. The molecule has 0 saturated carbocycles. The number of benzene rings is 1. The second kappa shape index (κ2) is 7.68. The van der Waals surface area contributed by atoms with Gasteiger partial charge in [0.2, 0.25) is 5.91 Å². The lowest BCUT2D eigenvalue weighted by Gasteiger charge is -2.31. The molecule has 0 aromatic heterocycles. The molecule has 0 aliphatic carbocycles. The summed E-state index contributed by atoms with van der Waals surface area (Å²) >= 11 is 12.0. The lowest BCUT2D eigenvalue weighted by Crippen LogP contribution is -2.46. The Bertz CT molecular complexity index is 614. The van der Waals surface area contributed by atoms with Gasteiger partial charge in [0.1, 0.15) is 12.6 Å². The Kier molecular flexibility index (Phi) is 6.11. The Balaban J connectivity index is 0.00000192. The van der Waals surface area contributed by atoms with E-state index in [2.05, 4.69) is 10.6 Å². The van der Waals surface area contributed by atoms with Gasteiger partial charge in [-0.3, -0.25) is 10.1 Å². The number of amides is 3. The Morgan fingerprint density at radius 2 is 2.00 bits per heavy atom. The number of urea groups is 1. The number of nitrogens with one attached hydrogen (secondary N) is 2. The van der Waals surface area contributed by atoms with Crippen molar-refractivity contribution in [2.45, 2.75) is 12.1 Å². The Morgan fingerprint density at radius 1 is 1.22 bits per heavy atom. The number of rotatable bonds is 2. The van der Waals surface area contributed by atoms with Crippen molar-refractivity contribution >= 4 is 47.5 Å². The van der Waals surface area contributed by atoms with E-state index in [1.54, 1.807) is 12.1 Å². The van der Waals surface area contributed by atoms with Crippen LogP contribution in [-0.2, 0) is 9.53 Å². The first kappa shape index (κ1) is 18.3. The SMILES string of the molecule is Cl.O=C1CN([C@@H]2CNCCO[C@H]2c2ccc(Cl)c(Cl)c2)C(=O)N1. The molecule has 0 radical (unpaired) electrons. The highest BCUT2D eigenvalue weighted by Gasteiger charge is 2.39. The predicted molar refractivity (Wildman–Crippen MR) is 89.3 cm³/mol. The van der Waals surface area contributed by atoms with E-state index in [0.717, 1.165) is 5.56 Å². The van der Waals surface area contributed by atoms with E-state index in [-0.39, 0.29) is 37.0 Å². The molecule has 3 rings (SSSR count). The highest BCUT2D eigenvalue weighted by Crippen LogP contribution is 2.31. The smallest absolute Gasteiger partial charge is 0.324 e. The van der Waals surface area contributed by atoms with E-state index in [4.69, 9.17) is 27.9 Å². The van der Waals surface area contributed by atoms with E-state index in [0.29, 0.717) is 29.7 Å². The molecule has 2 atom stereocenters. The summed E-state index contributed by atoms with van der Waals surface area (Å²) < 4.78 is 5.90. The van der Waals surface area contributed by atoms with Crippen LogP contribution in [0.25, 0.3) is 0 Å². The second-order valence-electron chi connectivity index (χ2n) is 5.22. The molecular formula is C14H16Cl3N3O3. The number of halogens is 3. The molecule has 2 saturated heterocycles. The number of hydrogen-bond donors (Lipinski definition) is 2. The molecule has 2 N–H and O–H groups in total. The molecule has 9 heteroatoms. The Morgan fingerprint density at radius 3 is 2.65 bits per heavy atom. The molecule has 1 aromatic rings. The average molecular weight is 381 g/mol. The fourth-order valence-corrected chi connectivity index (χ4v) is 3.04. The van der Waals surface area contributed by atoms with Crippen molar-refractivity contribution in [2.75, 3.05) is 26.2 Å². The quantitative estimate of drug-likeness (QED) is 0.770. The van der Waals surface area contributed by atoms with Gasteiger partial charge in [-0.1, -0.05) is 29.3 Å². The fourth-order valence-electron chi connectivity index (χ4n) is 2.73. The number of hydrogen-bond acceptors (Lipinski definition) is 4. The van der Waals surface area contributed by atoms with Crippen LogP contribution in [0.2, 0.25) is 10.0 Å². The molecule has 2 aliphatic heterocycles. The van der Waals surface area contributed by atoms with Gasteiger partial charge in [0.15, 0.2) is 0 Å². The van der Waals surface area contributed by atoms with E-state index < -0.39 is 6.03 Å². The third-order valence-corrected chi connectivity index (χ3v) is 4.51. The van der Waals surface area contributed by atoms with Crippen LogP contribution in [0.3, 0.4) is 0 Å². The standard InChI is InChI=1S/C14H15Cl2N3O3.ClH/c15-9-2-1-8(5-10(9)16)13-11(6-17-3-4-22-13)19-7-12(20)18-14(19)21;/h1-2,5,11,13,17H,3-4,6-7H2,(H,18,20,21);1H/t11-,13+;/m1./s1. The summed E-state index contributed by atoms with van der Waals surface area (Å²) in [6, 6.07) is 4.57. The van der Waals surface area contributed by atoms with Crippen molar-refractivity contribution in [3.05, 3.63) is 33.8 Å². The van der Waals surface area contributed by atoms with Crippen LogP contribution in [0.4, 0.5) is 4.79 Å². The molecule has 2 fully saturated rings. The lowest BCUT2D eigenvalue weighted by molar-refractivity contribution is -0.118. The minimum absolute atomic E-state index is 0. The zero-order chi connectivity index (χ0) is 15.7. The third kappa shape index (κ3) is 3.89. The Labute approximate surface area is 149 Å². The van der Waals surface area contributed by atoms with Gasteiger partial charge in [0, 0.05) is 13.1 Å². The van der Waals surface area contributed by atoms with Crippen molar-refractivity contribution in [3.8, 4) is 0 Å². The largest absolute Gasteiger partial charge is 0.370 e. The molecule has 2 aliphatic rings. The van der Waals surface area contributed by atoms with Gasteiger partial charge in [-0.15, -0.1) is 12.4 Å². The van der Waals surface area contributed by atoms with Crippen molar-refractivity contribution in [1.29, 1.82) is 0 Å². The number of carbonyl (C=O) groups is 2. The highest BCUT2D eigenvalue weighted by molar-refractivity contribution is 6.42. The number of carbonyl (C=O) groups excluding carboxylic acids is 2. The van der Waals surface area contributed by atoms with Crippen LogP contribution in [0.1, 0.15) is 11.7 Å². The second-order valence-corrected chi connectivity index (χ2v) is 6.03. The van der Waals surface area contributed by atoms with Gasteiger partial charge in [-0.05, 0) is 17.7 Å². The molecule has 0 unspecified atom stereocenters. The fraction of sp³-hybridized carbons (Fsp3) is 0.429. The molecule has 0 spiro atoms. The van der Waals surface area contributed by atoms with E-state index in [1.165, 1.54) is 4.90 Å². The van der Waals surface area contributed by atoms with Gasteiger partial charge in [-0.2, -0.15) is 0 Å². The number of imide groups is 1. The third-order valence-electron chi connectivity index (χ3n) is 3.77. The van der Waals surface area contributed by atoms with Gasteiger partial charge < -0.3 is 15.0 Å². The lowest BCUT2D eigenvalue weighted by atomic mass is 10.0. The minimum Gasteiger partial charge on any atom is -0.370 e. The first-order valence-electron chi connectivity index (χ1n) is 6.94. The molecule has 2 heterocycles. The van der Waals surface area contributed by atoms with Crippen molar-refractivity contribution in [2.24, 2.45) is 0 Å². The van der Waals surface area contributed by atoms with Crippen LogP contribution >= 0.6 is 35.6 Å². The minimum atomic E-state index is -0.396. The first-order chi connectivity index (χ1) is 10.6. The monoisotopic (exact) mass is 379 g/mol. The van der Waals surface area contributed by atoms with Gasteiger partial charge in [0.25, 0.3) is 0 Å². The maximum absolute atomic E-state index is 12.0. The van der Waals surface area contributed by atoms with Gasteiger partial charge >= 0.3 is 6.03 Å². The molecule has 6 nitrogen and oxygen atoms in total. The molecule has 126 valence electrons. The zero-order valence-electron chi connectivity index (χ0n) is 12.1. The summed E-state index contributed by atoms with van der Waals surface area (Å²) in [7, 11) is 0. The van der Waals surface area contributed by atoms with E-state index in [1.807, 2.05) is 6.07 Å². The van der Waals surface area contributed by atoms with Crippen molar-refractivity contribution in [3.63, 3.8) is 0 Å². The summed E-state index contributed by atoms with van der Waals surface area (Å²) in [6.07, 6.45) is -0.374. The van der Waals surface area contributed by atoms with Crippen molar-refractivity contribution < 1.29 is 14.3 Å². The van der Waals surface area contributed by atoms with Crippen LogP contribution in [0, 0.1) is 0 Å². The topological polar surface area (TPSA) is 70.7 Å². The highest BCUT2D eigenvalue weighted by atomic mass is 35.5. The number of ether oxygens (including phenoxy) is 1. The zero-order valence-corrected chi connectivity index (χ0v) is 14.4. The Hall–Kier alpha value is -1.05. The maximum Gasteiger partial charge on any atom is 0.324 e. The first-order valence-corrected chi connectivity index (χ1v) is 7.69. The van der Waals surface area contributed by atoms with Gasteiger partial charge in [-0.25, -0.2) is 4.79 Å². The summed E-state index contributed by atoms with van der Waals surface area (Å²) in [5.74, 6) is -0.304. The van der Waals surface area contributed by atoms with Crippen LogP contribution in [-0.4, -0.2) is 49.1 Å². The molecular weight excluding hydrogens is 365 g/mol.